The predicted octanol–water partition coefficient (Wildman–Crippen LogP) is 0.836. The summed E-state index contributed by atoms with van der Waals surface area (Å²) in [5.74, 6) is -0.537. The van der Waals surface area contributed by atoms with Crippen LogP contribution in [0.2, 0.25) is 0 Å². The Morgan fingerprint density at radius 3 is 2.39 bits per heavy atom. The molecule has 1 fully saturated rings. The van der Waals surface area contributed by atoms with Crippen LogP contribution in [0, 0.1) is 6.92 Å². The lowest BCUT2D eigenvalue weighted by atomic mass is 10.3. The van der Waals surface area contributed by atoms with E-state index in [-0.39, 0.29) is 10.6 Å². The van der Waals surface area contributed by atoms with Crippen molar-refractivity contribution in [3.05, 3.63) is 17.5 Å². The number of nitrogens with zero attached hydrogens (tertiary/aromatic N) is 3. The van der Waals surface area contributed by atoms with Gasteiger partial charge >= 0.3 is 5.97 Å². The highest BCUT2D eigenvalue weighted by Crippen LogP contribution is 2.24. The largest absolute Gasteiger partial charge is 0.464 e. The average Bonchev–Trinajstić information content (AvgIpc) is 2.84. The van der Waals surface area contributed by atoms with Gasteiger partial charge < -0.3 is 14.2 Å². The normalized spacial score (nSPS) is 17.4. The number of carbonyl (C=O) groups excluding carboxylic acids is 1. The van der Waals surface area contributed by atoms with E-state index in [0.29, 0.717) is 18.8 Å². The van der Waals surface area contributed by atoms with E-state index in [0.717, 1.165) is 26.1 Å². The van der Waals surface area contributed by atoms with E-state index in [1.807, 2.05) is 0 Å². The Morgan fingerprint density at radius 1 is 1.26 bits per heavy atom. The predicted molar refractivity (Wildman–Crippen MR) is 87.0 cm³/mol. The van der Waals surface area contributed by atoms with Gasteiger partial charge in [-0.25, -0.2) is 13.2 Å². The third kappa shape index (κ3) is 3.44. The van der Waals surface area contributed by atoms with Gasteiger partial charge in [-0.1, -0.05) is 6.92 Å². The van der Waals surface area contributed by atoms with Gasteiger partial charge in [-0.05, 0) is 26.0 Å². The molecule has 7 nitrogen and oxygen atoms in total. The maximum absolute atomic E-state index is 12.9. The van der Waals surface area contributed by atoms with E-state index in [9.17, 15) is 13.2 Å². The maximum Gasteiger partial charge on any atom is 0.354 e. The Hall–Kier alpha value is -1.38. The van der Waals surface area contributed by atoms with Gasteiger partial charge in [-0.15, -0.1) is 0 Å². The van der Waals surface area contributed by atoms with Crippen molar-refractivity contribution < 1.29 is 17.9 Å². The van der Waals surface area contributed by atoms with E-state index in [4.69, 9.17) is 4.74 Å². The molecule has 130 valence electrons. The van der Waals surface area contributed by atoms with E-state index in [2.05, 4.69) is 11.8 Å². The van der Waals surface area contributed by atoms with E-state index in [1.165, 1.54) is 17.5 Å². The lowest BCUT2D eigenvalue weighted by Crippen LogP contribution is -2.48. The molecule has 0 unspecified atom stereocenters. The number of aromatic nitrogens is 1. The second-order valence-corrected chi connectivity index (χ2v) is 7.68. The van der Waals surface area contributed by atoms with Crippen LogP contribution in [0.3, 0.4) is 0 Å². The van der Waals surface area contributed by atoms with Gasteiger partial charge in [0.15, 0.2) is 0 Å². The van der Waals surface area contributed by atoms with Crippen LogP contribution < -0.4 is 0 Å². The third-order valence-electron chi connectivity index (χ3n) is 4.37. The number of carbonyl (C=O) groups is 1. The van der Waals surface area contributed by atoms with Crippen molar-refractivity contribution in [1.29, 1.82) is 0 Å². The summed E-state index contributed by atoms with van der Waals surface area (Å²) in [6, 6.07) is 1.41. The highest BCUT2D eigenvalue weighted by Gasteiger charge is 2.32. The van der Waals surface area contributed by atoms with E-state index < -0.39 is 16.0 Å². The summed E-state index contributed by atoms with van der Waals surface area (Å²) in [6.07, 6.45) is 1.06. The highest BCUT2D eigenvalue weighted by molar-refractivity contribution is 7.89. The fourth-order valence-corrected chi connectivity index (χ4v) is 4.57. The van der Waals surface area contributed by atoms with E-state index in [1.54, 1.807) is 18.5 Å². The van der Waals surface area contributed by atoms with Crippen molar-refractivity contribution >= 4 is 16.0 Å². The molecule has 2 heterocycles. The Morgan fingerprint density at radius 2 is 1.87 bits per heavy atom. The fourth-order valence-electron chi connectivity index (χ4n) is 2.88. The molecule has 1 aromatic rings. The van der Waals surface area contributed by atoms with Crippen molar-refractivity contribution in [3.63, 3.8) is 0 Å². The van der Waals surface area contributed by atoms with Crippen LogP contribution in [0.25, 0.3) is 0 Å². The first-order chi connectivity index (χ1) is 10.8. The van der Waals surface area contributed by atoms with Gasteiger partial charge in [-0.2, -0.15) is 4.31 Å². The van der Waals surface area contributed by atoms with Crippen LogP contribution in [0.5, 0.6) is 0 Å². The van der Waals surface area contributed by atoms with Crippen LogP contribution in [0.15, 0.2) is 11.0 Å². The molecule has 0 saturated carbocycles. The summed E-state index contributed by atoms with van der Waals surface area (Å²) in [7, 11) is -0.646. The number of hydrogen-bond donors (Lipinski definition) is 0. The van der Waals surface area contributed by atoms with Crippen LogP contribution in [0.1, 0.15) is 29.5 Å². The van der Waals surface area contributed by atoms with Gasteiger partial charge in [0.2, 0.25) is 10.0 Å². The van der Waals surface area contributed by atoms with Crippen molar-refractivity contribution in [2.75, 3.05) is 39.8 Å². The average molecular weight is 343 g/mol. The lowest BCUT2D eigenvalue weighted by molar-refractivity contribution is 0.0589. The quantitative estimate of drug-likeness (QED) is 0.741. The molecular formula is C15H25N3O4S. The summed E-state index contributed by atoms with van der Waals surface area (Å²) < 4.78 is 33.6. The zero-order valence-electron chi connectivity index (χ0n) is 14.2. The minimum absolute atomic E-state index is 0.185. The van der Waals surface area contributed by atoms with Crippen LogP contribution in [-0.2, 0) is 21.8 Å². The molecule has 0 spiro atoms. The minimum atomic E-state index is -3.60. The molecule has 1 aliphatic rings. The van der Waals surface area contributed by atoms with Crippen molar-refractivity contribution in [3.8, 4) is 0 Å². The monoisotopic (exact) mass is 343 g/mol. The highest BCUT2D eigenvalue weighted by atomic mass is 32.2. The Balaban J connectivity index is 2.26. The molecule has 0 radical (unpaired) electrons. The van der Waals surface area contributed by atoms with Crippen molar-refractivity contribution in [1.82, 2.24) is 13.8 Å². The molecule has 0 aromatic carbocycles. The molecule has 1 aromatic heterocycles. The topological polar surface area (TPSA) is 71.8 Å². The molecular weight excluding hydrogens is 318 g/mol. The first-order valence-corrected chi connectivity index (χ1v) is 9.24. The van der Waals surface area contributed by atoms with Gasteiger partial charge in [0.05, 0.1) is 7.11 Å². The third-order valence-corrected chi connectivity index (χ3v) is 6.39. The summed E-state index contributed by atoms with van der Waals surface area (Å²) in [4.78, 5) is 14.2. The molecule has 0 aliphatic carbocycles. The van der Waals surface area contributed by atoms with Gasteiger partial charge in [0, 0.05) is 38.9 Å². The molecule has 0 amide bonds. The SMILES string of the molecule is CCCN1CCN(S(=O)(=O)c2cc(C(=O)OC)n(C)c2C)CC1. The zero-order chi connectivity index (χ0) is 17.2. The zero-order valence-corrected chi connectivity index (χ0v) is 15.0. The molecule has 23 heavy (non-hydrogen) atoms. The lowest BCUT2D eigenvalue weighted by Gasteiger charge is -2.33. The Kier molecular flexibility index (Phi) is 5.49. The molecule has 1 aliphatic heterocycles. The summed E-state index contributed by atoms with van der Waals surface area (Å²) >= 11 is 0. The standard InChI is InChI=1S/C15H25N3O4S/c1-5-6-17-7-9-18(10-8-17)23(20,21)14-11-13(15(19)22-4)16(3)12(14)2/h11H,5-10H2,1-4H3. The number of piperazine rings is 1. The Bertz CT molecular complexity index is 673. The summed E-state index contributed by atoms with van der Waals surface area (Å²) in [5, 5.41) is 0. The number of ether oxygens (including phenoxy) is 1. The molecule has 0 N–H and O–H groups in total. The molecule has 0 bridgehead atoms. The fraction of sp³-hybridized carbons (Fsp3) is 0.667. The summed E-state index contributed by atoms with van der Waals surface area (Å²) in [6.45, 7) is 7.24. The number of hydrogen-bond acceptors (Lipinski definition) is 5. The number of sulfonamides is 1. The van der Waals surface area contributed by atoms with Gasteiger partial charge in [-0.3, -0.25) is 0 Å². The van der Waals surface area contributed by atoms with Gasteiger partial charge in [0.1, 0.15) is 10.6 Å². The van der Waals surface area contributed by atoms with E-state index >= 15 is 0 Å². The minimum Gasteiger partial charge on any atom is -0.464 e. The van der Waals surface area contributed by atoms with Crippen molar-refractivity contribution in [2.45, 2.75) is 25.2 Å². The molecule has 0 atom stereocenters. The second-order valence-electron chi connectivity index (χ2n) is 5.78. The van der Waals surface area contributed by atoms with Crippen LogP contribution in [-0.4, -0.2) is 68.0 Å². The first kappa shape index (κ1) is 18.0. The first-order valence-electron chi connectivity index (χ1n) is 7.80. The Labute approximate surface area is 137 Å². The van der Waals surface area contributed by atoms with Gasteiger partial charge in [0.25, 0.3) is 0 Å². The number of rotatable bonds is 5. The summed E-state index contributed by atoms with van der Waals surface area (Å²) in [5.41, 5.74) is 0.787. The molecule has 1 saturated heterocycles. The number of esters is 1. The number of methoxy groups -OCH3 is 1. The maximum atomic E-state index is 12.9. The second kappa shape index (κ2) is 7.02. The molecule has 8 heteroatoms. The van der Waals surface area contributed by atoms with Crippen LogP contribution in [0.4, 0.5) is 0 Å². The van der Waals surface area contributed by atoms with Crippen molar-refractivity contribution in [2.24, 2.45) is 7.05 Å². The molecule has 2 rings (SSSR count). The smallest absolute Gasteiger partial charge is 0.354 e. The van der Waals surface area contributed by atoms with Crippen LogP contribution >= 0.6 is 0 Å².